The van der Waals surface area contributed by atoms with Gasteiger partial charge in [0.1, 0.15) is 5.75 Å². The number of rotatable bonds is 2. The second-order valence-electron chi connectivity index (χ2n) is 6.28. The molecule has 106 valence electrons. The maximum absolute atomic E-state index is 5.57. The highest BCUT2D eigenvalue weighted by Gasteiger charge is 2.21. The molecule has 1 unspecified atom stereocenters. The van der Waals surface area contributed by atoms with Crippen LogP contribution in [0.1, 0.15) is 46.5 Å². The Morgan fingerprint density at radius 2 is 2.00 bits per heavy atom. The van der Waals surface area contributed by atoms with Gasteiger partial charge in [0.2, 0.25) is 0 Å². The molecule has 1 aliphatic rings. The normalized spacial score (nSPS) is 15.8. The molecule has 1 atom stereocenters. The molecule has 1 aliphatic heterocycles. The SMILES string of the molecule is CC(C)(C)c1ccc(C(Br)c2ccc3c(c2)CCO3)s1. The largest absolute Gasteiger partial charge is 0.493 e. The molecule has 1 nitrogen and oxygen atoms in total. The van der Waals surface area contributed by atoms with E-state index in [-0.39, 0.29) is 10.2 Å². The monoisotopic (exact) mass is 350 g/mol. The van der Waals surface area contributed by atoms with Crippen LogP contribution in [0, 0.1) is 0 Å². The van der Waals surface area contributed by atoms with Crippen molar-refractivity contribution in [3.8, 4) is 5.75 Å². The average molecular weight is 351 g/mol. The van der Waals surface area contributed by atoms with Gasteiger partial charge in [-0.25, -0.2) is 0 Å². The smallest absolute Gasteiger partial charge is 0.122 e. The van der Waals surface area contributed by atoms with E-state index in [1.54, 1.807) is 0 Å². The number of benzene rings is 1. The highest BCUT2D eigenvalue weighted by Crippen LogP contribution is 2.40. The molecule has 0 spiro atoms. The Balaban J connectivity index is 1.89. The second-order valence-corrected chi connectivity index (χ2v) is 8.31. The van der Waals surface area contributed by atoms with E-state index in [9.17, 15) is 0 Å². The highest BCUT2D eigenvalue weighted by atomic mass is 79.9. The zero-order valence-corrected chi connectivity index (χ0v) is 14.5. The lowest BCUT2D eigenvalue weighted by Gasteiger charge is -2.16. The standard InChI is InChI=1S/C17H19BrOS/c1-17(2,3)15-7-6-14(20-15)16(18)12-4-5-13-11(10-12)8-9-19-13/h4-7,10,16H,8-9H2,1-3H3. The van der Waals surface area contributed by atoms with E-state index in [4.69, 9.17) is 4.74 Å². The molecule has 0 saturated carbocycles. The molecular formula is C17H19BrOS. The Morgan fingerprint density at radius 3 is 2.70 bits per heavy atom. The average Bonchev–Trinajstić information content (AvgIpc) is 3.05. The van der Waals surface area contributed by atoms with Gasteiger partial charge >= 0.3 is 0 Å². The van der Waals surface area contributed by atoms with Crippen molar-refractivity contribution in [3.63, 3.8) is 0 Å². The van der Waals surface area contributed by atoms with Gasteiger partial charge in [-0.3, -0.25) is 0 Å². The van der Waals surface area contributed by atoms with E-state index < -0.39 is 0 Å². The van der Waals surface area contributed by atoms with E-state index >= 15 is 0 Å². The summed E-state index contributed by atoms with van der Waals surface area (Å²) in [6.45, 7) is 7.61. The van der Waals surface area contributed by atoms with Crippen LogP contribution in [0.2, 0.25) is 0 Å². The van der Waals surface area contributed by atoms with Gasteiger partial charge in [-0.2, -0.15) is 0 Å². The summed E-state index contributed by atoms with van der Waals surface area (Å²) in [7, 11) is 0. The van der Waals surface area contributed by atoms with Crippen molar-refractivity contribution in [1.82, 2.24) is 0 Å². The van der Waals surface area contributed by atoms with Crippen molar-refractivity contribution in [1.29, 1.82) is 0 Å². The molecule has 2 heterocycles. The quantitative estimate of drug-likeness (QED) is 0.653. The molecule has 0 bridgehead atoms. The van der Waals surface area contributed by atoms with E-state index in [1.807, 2.05) is 11.3 Å². The lowest BCUT2D eigenvalue weighted by atomic mass is 9.95. The van der Waals surface area contributed by atoms with Crippen LogP contribution in [0.3, 0.4) is 0 Å². The van der Waals surface area contributed by atoms with Crippen LogP contribution in [0.5, 0.6) is 5.75 Å². The predicted molar refractivity (Wildman–Crippen MR) is 89.4 cm³/mol. The second kappa shape index (κ2) is 5.19. The van der Waals surface area contributed by atoms with Crippen molar-refractivity contribution in [2.45, 2.75) is 37.4 Å². The van der Waals surface area contributed by atoms with Gasteiger partial charge in [-0.15, -0.1) is 11.3 Å². The first-order valence-corrected chi connectivity index (χ1v) is 8.68. The van der Waals surface area contributed by atoms with Gasteiger partial charge in [0, 0.05) is 16.2 Å². The van der Waals surface area contributed by atoms with Gasteiger partial charge < -0.3 is 4.74 Å². The van der Waals surface area contributed by atoms with E-state index in [0.29, 0.717) is 0 Å². The van der Waals surface area contributed by atoms with Crippen molar-refractivity contribution >= 4 is 27.3 Å². The molecule has 0 N–H and O–H groups in total. The van der Waals surface area contributed by atoms with Crippen LogP contribution in [-0.4, -0.2) is 6.61 Å². The number of fused-ring (bicyclic) bond motifs is 1. The van der Waals surface area contributed by atoms with Gasteiger partial charge in [0.15, 0.2) is 0 Å². The highest BCUT2D eigenvalue weighted by molar-refractivity contribution is 9.09. The summed E-state index contributed by atoms with van der Waals surface area (Å²) >= 11 is 5.75. The van der Waals surface area contributed by atoms with E-state index in [1.165, 1.54) is 20.9 Å². The zero-order chi connectivity index (χ0) is 14.3. The Bertz CT molecular complexity index is 624. The summed E-state index contributed by atoms with van der Waals surface area (Å²) in [5.74, 6) is 1.05. The summed E-state index contributed by atoms with van der Waals surface area (Å²) in [4.78, 5) is 3.07. The van der Waals surface area contributed by atoms with Gasteiger partial charge in [-0.1, -0.05) is 48.8 Å². The lowest BCUT2D eigenvalue weighted by molar-refractivity contribution is 0.357. The summed E-state index contributed by atoms with van der Waals surface area (Å²) in [6.07, 6.45) is 1.03. The van der Waals surface area contributed by atoms with Gasteiger partial charge in [0.05, 0.1) is 11.4 Å². The summed E-state index contributed by atoms with van der Waals surface area (Å²) < 4.78 is 5.57. The van der Waals surface area contributed by atoms with Crippen molar-refractivity contribution in [2.75, 3.05) is 6.61 Å². The van der Waals surface area contributed by atoms with E-state index in [2.05, 4.69) is 67.0 Å². The molecule has 0 saturated heterocycles. The number of ether oxygens (including phenoxy) is 1. The van der Waals surface area contributed by atoms with Crippen LogP contribution < -0.4 is 4.74 Å². The molecular weight excluding hydrogens is 332 g/mol. The minimum atomic E-state index is 0.224. The summed E-state index contributed by atoms with van der Waals surface area (Å²) in [5.41, 5.74) is 2.87. The first-order chi connectivity index (χ1) is 9.45. The molecule has 0 aliphatic carbocycles. The Hall–Kier alpha value is -0.800. The van der Waals surface area contributed by atoms with Gasteiger partial charge in [0.25, 0.3) is 0 Å². The van der Waals surface area contributed by atoms with Crippen molar-refractivity contribution < 1.29 is 4.74 Å². The van der Waals surface area contributed by atoms with Crippen LogP contribution in [0.15, 0.2) is 30.3 Å². The minimum Gasteiger partial charge on any atom is -0.493 e. The maximum Gasteiger partial charge on any atom is 0.122 e. The van der Waals surface area contributed by atoms with Crippen LogP contribution >= 0.6 is 27.3 Å². The summed E-state index contributed by atoms with van der Waals surface area (Å²) in [5, 5.41) is 0. The maximum atomic E-state index is 5.57. The number of hydrogen-bond donors (Lipinski definition) is 0. The third-order valence-corrected chi connectivity index (χ3v) is 6.52. The van der Waals surface area contributed by atoms with Crippen molar-refractivity contribution in [3.05, 3.63) is 51.2 Å². The van der Waals surface area contributed by atoms with Crippen LogP contribution in [-0.2, 0) is 11.8 Å². The fraction of sp³-hybridized carbons (Fsp3) is 0.412. The van der Waals surface area contributed by atoms with Crippen molar-refractivity contribution in [2.24, 2.45) is 0 Å². The third-order valence-electron chi connectivity index (χ3n) is 3.62. The lowest BCUT2D eigenvalue weighted by Crippen LogP contribution is -2.07. The molecule has 20 heavy (non-hydrogen) atoms. The molecule has 1 aromatic heterocycles. The van der Waals surface area contributed by atoms with E-state index in [0.717, 1.165) is 18.8 Å². The van der Waals surface area contributed by atoms with Crippen LogP contribution in [0.4, 0.5) is 0 Å². The zero-order valence-electron chi connectivity index (χ0n) is 12.1. The molecule has 3 rings (SSSR count). The topological polar surface area (TPSA) is 9.23 Å². The Labute approximate surface area is 133 Å². The Morgan fingerprint density at radius 1 is 1.20 bits per heavy atom. The molecule has 2 aromatic rings. The first kappa shape index (κ1) is 14.2. The molecule has 0 amide bonds. The first-order valence-electron chi connectivity index (χ1n) is 6.95. The predicted octanol–water partition coefficient (Wildman–Crippen LogP) is 5.46. The Kier molecular flexibility index (Phi) is 3.67. The van der Waals surface area contributed by atoms with Gasteiger partial charge in [-0.05, 0) is 34.7 Å². The molecule has 0 fully saturated rings. The molecule has 0 radical (unpaired) electrons. The molecule has 3 heteroatoms. The number of halogens is 1. The number of hydrogen-bond acceptors (Lipinski definition) is 2. The summed E-state index contributed by atoms with van der Waals surface area (Å²) in [6, 6.07) is 11.0. The minimum absolute atomic E-state index is 0.224. The molecule has 1 aromatic carbocycles. The van der Waals surface area contributed by atoms with Crippen LogP contribution in [0.25, 0.3) is 0 Å². The number of alkyl halides is 1. The fourth-order valence-electron chi connectivity index (χ4n) is 2.42. The third kappa shape index (κ3) is 2.66. The fourth-order valence-corrected chi connectivity index (χ4v) is 4.21. The number of thiophene rings is 1.